The molecule has 0 bridgehead atoms. The fourth-order valence-electron chi connectivity index (χ4n) is 3.50. The lowest BCUT2D eigenvalue weighted by Crippen LogP contribution is -2.60. The van der Waals surface area contributed by atoms with Gasteiger partial charge < -0.3 is 9.47 Å². The molecule has 1 spiro atoms. The molecule has 0 N–H and O–H groups in total. The molecule has 1 saturated heterocycles. The quantitative estimate of drug-likeness (QED) is 0.663. The predicted molar refractivity (Wildman–Crippen MR) is 68.1 cm³/mol. The van der Waals surface area contributed by atoms with Gasteiger partial charge in [0.15, 0.2) is 11.6 Å². The zero-order valence-electron chi connectivity index (χ0n) is 11.8. The molecule has 100 valence electrons. The third-order valence-electron chi connectivity index (χ3n) is 4.73. The molecule has 1 heterocycles. The van der Waals surface area contributed by atoms with Crippen molar-refractivity contribution in [3.8, 4) is 0 Å². The van der Waals surface area contributed by atoms with Gasteiger partial charge in [-0.1, -0.05) is 33.3 Å². The first-order valence-electron chi connectivity index (χ1n) is 6.81. The van der Waals surface area contributed by atoms with E-state index in [1.54, 1.807) is 0 Å². The van der Waals surface area contributed by atoms with Crippen LogP contribution in [0.15, 0.2) is 11.1 Å². The first-order valence-corrected chi connectivity index (χ1v) is 6.81. The molecular weight excluding hydrogens is 228 g/mol. The predicted octanol–water partition coefficient (Wildman–Crippen LogP) is 2.85. The summed E-state index contributed by atoms with van der Waals surface area (Å²) < 4.78 is 12.3. The Bertz CT molecular complexity index is 433. The maximum atomic E-state index is 11.9. The zero-order chi connectivity index (χ0) is 13.2. The lowest BCUT2D eigenvalue weighted by atomic mass is 9.60. The summed E-state index contributed by atoms with van der Waals surface area (Å²) in [5, 5.41) is 0. The zero-order valence-corrected chi connectivity index (χ0v) is 11.8. The molecule has 0 saturated carbocycles. The van der Waals surface area contributed by atoms with Crippen molar-refractivity contribution in [2.45, 2.75) is 52.7 Å². The van der Waals surface area contributed by atoms with Crippen LogP contribution in [0.2, 0.25) is 0 Å². The summed E-state index contributed by atoms with van der Waals surface area (Å²) in [6.07, 6.45) is 2.48. The highest BCUT2D eigenvalue weighted by atomic mass is 16.7. The molecule has 0 amide bonds. The number of carbonyl (C=O) groups is 1. The van der Waals surface area contributed by atoms with Crippen LogP contribution in [-0.4, -0.2) is 24.8 Å². The van der Waals surface area contributed by atoms with E-state index >= 15 is 0 Å². The number of ether oxygens (including phenoxy) is 2. The third-order valence-corrected chi connectivity index (χ3v) is 4.73. The van der Waals surface area contributed by atoms with Crippen molar-refractivity contribution in [2.24, 2.45) is 10.8 Å². The van der Waals surface area contributed by atoms with E-state index in [1.807, 2.05) is 0 Å². The summed E-state index contributed by atoms with van der Waals surface area (Å²) in [6, 6.07) is 0. The molecule has 0 unspecified atom stereocenters. The van der Waals surface area contributed by atoms with Crippen molar-refractivity contribution in [2.75, 3.05) is 13.2 Å². The van der Waals surface area contributed by atoms with Crippen molar-refractivity contribution in [3.05, 3.63) is 11.1 Å². The van der Waals surface area contributed by atoms with Gasteiger partial charge in [0.05, 0.1) is 13.2 Å². The van der Waals surface area contributed by atoms with Gasteiger partial charge in [-0.25, -0.2) is 0 Å². The fraction of sp³-hybridized carbons (Fsp3) is 0.800. The number of carbonyl (C=O) groups excluding carboxylic acids is 1. The molecule has 0 aromatic carbocycles. The molecule has 0 atom stereocenters. The monoisotopic (exact) mass is 250 g/mol. The van der Waals surface area contributed by atoms with Crippen LogP contribution in [-0.2, 0) is 14.3 Å². The van der Waals surface area contributed by atoms with Crippen LogP contribution in [0.5, 0.6) is 0 Å². The molecule has 18 heavy (non-hydrogen) atoms. The normalized spacial score (nSPS) is 32.1. The maximum absolute atomic E-state index is 11.9. The molecule has 0 aromatic rings. The Morgan fingerprint density at radius 3 is 2.22 bits per heavy atom. The minimum absolute atomic E-state index is 0.0691. The molecule has 2 aliphatic carbocycles. The van der Waals surface area contributed by atoms with Gasteiger partial charge in [0.2, 0.25) is 0 Å². The summed E-state index contributed by atoms with van der Waals surface area (Å²) >= 11 is 0. The van der Waals surface area contributed by atoms with Gasteiger partial charge in [-0.05, 0) is 6.42 Å². The van der Waals surface area contributed by atoms with E-state index in [0.717, 1.165) is 18.4 Å². The number of ketones is 1. The van der Waals surface area contributed by atoms with Gasteiger partial charge in [-0.3, -0.25) is 4.79 Å². The first kappa shape index (κ1) is 12.4. The van der Waals surface area contributed by atoms with Crippen LogP contribution >= 0.6 is 0 Å². The second-order valence-electron chi connectivity index (χ2n) is 7.20. The Labute approximate surface area is 109 Å². The first-order chi connectivity index (χ1) is 8.28. The van der Waals surface area contributed by atoms with Crippen LogP contribution in [0.3, 0.4) is 0 Å². The fourth-order valence-corrected chi connectivity index (χ4v) is 3.50. The van der Waals surface area contributed by atoms with Crippen LogP contribution in [0.25, 0.3) is 0 Å². The van der Waals surface area contributed by atoms with Crippen molar-refractivity contribution in [3.63, 3.8) is 0 Å². The Balaban J connectivity index is 1.93. The topological polar surface area (TPSA) is 35.5 Å². The molecule has 0 aromatic heterocycles. The SMILES string of the molecule is CC1(C)COC2(CCC3=C(C(=O)C3)C2(C)C)OC1. The molecule has 3 heteroatoms. The molecule has 1 aliphatic heterocycles. The Hall–Kier alpha value is -0.670. The van der Waals surface area contributed by atoms with E-state index in [4.69, 9.17) is 9.47 Å². The minimum atomic E-state index is -0.586. The standard InChI is InChI=1S/C15H22O3/c1-13(2)8-17-15(18-9-13)6-5-10-7-11(16)12(10)14(15,3)4/h5-9H2,1-4H3. The van der Waals surface area contributed by atoms with E-state index in [-0.39, 0.29) is 16.6 Å². The second-order valence-corrected chi connectivity index (χ2v) is 7.20. The largest absolute Gasteiger partial charge is 0.348 e. The molecule has 3 rings (SSSR count). The highest BCUT2D eigenvalue weighted by Gasteiger charge is 2.59. The van der Waals surface area contributed by atoms with Gasteiger partial charge >= 0.3 is 0 Å². The Kier molecular flexibility index (Phi) is 2.37. The summed E-state index contributed by atoms with van der Waals surface area (Å²) in [5.74, 6) is -0.302. The Morgan fingerprint density at radius 2 is 1.67 bits per heavy atom. The van der Waals surface area contributed by atoms with Crippen molar-refractivity contribution >= 4 is 5.78 Å². The summed E-state index contributed by atoms with van der Waals surface area (Å²) in [4.78, 5) is 11.9. The molecular formula is C15H22O3. The van der Waals surface area contributed by atoms with Gasteiger partial charge in [0.1, 0.15) is 0 Å². The van der Waals surface area contributed by atoms with Crippen LogP contribution in [0.4, 0.5) is 0 Å². The van der Waals surface area contributed by atoms with Gasteiger partial charge in [0, 0.05) is 29.2 Å². The van der Waals surface area contributed by atoms with E-state index in [0.29, 0.717) is 19.6 Å². The molecule has 1 fully saturated rings. The average Bonchev–Trinajstić information content (AvgIpc) is 2.23. The molecule has 3 aliphatic rings. The number of hydrogen-bond donors (Lipinski definition) is 0. The highest BCUT2D eigenvalue weighted by Crippen LogP contribution is 2.56. The molecule has 3 nitrogen and oxygen atoms in total. The minimum Gasteiger partial charge on any atom is -0.348 e. The smallest absolute Gasteiger partial charge is 0.177 e. The van der Waals surface area contributed by atoms with Crippen LogP contribution in [0.1, 0.15) is 47.0 Å². The second kappa shape index (κ2) is 3.45. The van der Waals surface area contributed by atoms with Crippen molar-refractivity contribution in [1.29, 1.82) is 0 Å². The maximum Gasteiger partial charge on any atom is 0.177 e. The van der Waals surface area contributed by atoms with Crippen LogP contribution in [0, 0.1) is 10.8 Å². The molecule has 0 radical (unpaired) electrons. The Morgan fingerprint density at radius 1 is 1.06 bits per heavy atom. The number of hydrogen-bond acceptors (Lipinski definition) is 3. The third kappa shape index (κ3) is 1.47. The van der Waals surface area contributed by atoms with E-state index in [1.165, 1.54) is 5.57 Å². The van der Waals surface area contributed by atoms with Crippen molar-refractivity contribution < 1.29 is 14.3 Å². The number of allylic oxidation sites excluding steroid dienone is 1. The number of rotatable bonds is 0. The highest BCUT2D eigenvalue weighted by molar-refractivity contribution is 6.06. The van der Waals surface area contributed by atoms with Gasteiger partial charge in [-0.15, -0.1) is 0 Å². The lowest BCUT2D eigenvalue weighted by Gasteiger charge is -2.56. The van der Waals surface area contributed by atoms with E-state index < -0.39 is 5.79 Å². The summed E-state index contributed by atoms with van der Waals surface area (Å²) in [5.41, 5.74) is 2.06. The van der Waals surface area contributed by atoms with Crippen molar-refractivity contribution in [1.82, 2.24) is 0 Å². The van der Waals surface area contributed by atoms with E-state index in [9.17, 15) is 4.79 Å². The number of Topliss-reactive ketones (excluding diaryl/α,β-unsaturated/α-hetero) is 1. The summed E-state index contributed by atoms with van der Waals surface area (Å²) in [7, 11) is 0. The van der Waals surface area contributed by atoms with E-state index in [2.05, 4.69) is 27.7 Å². The van der Waals surface area contributed by atoms with Gasteiger partial charge in [-0.2, -0.15) is 0 Å². The van der Waals surface area contributed by atoms with Gasteiger partial charge in [0.25, 0.3) is 0 Å². The van der Waals surface area contributed by atoms with Crippen LogP contribution < -0.4 is 0 Å². The lowest BCUT2D eigenvalue weighted by molar-refractivity contribution is -0.341. The average molecular weight is 250 g/mol. The summed E-state index contributed by atoms with van der Waals surface area (Å²) in [6.45, 7) is 9.89.